The number of nitrogens with one attached hydrogen (secondary N) is 1. The molecule has 88 valence electrons. The van der Waals surface area contributed by atoms with Gasteiger partial charge in [0.1, 0.15) is 6.04 Å². The minimum Gasteiger partial charge on any atom is -0.301 e. The van der Waals surface area contributed by atoms with Gasteiger partial charge in [0.25, 0.3) is 0 Å². The van der Waals surface area contributed by atoms with Crippen molar-refractivity contribution in [3.8, 4) is 6.07 Å². The van der Waals surface area contributed by atoms with Gasteiger partial charge in [-0.15, -0.1) is 0 Å². The molecule has 0 aromatic heterocycles. The van der Waals surface area contributed by atoms with E-state index in [1.54, 1.807) is 0 Å². The SMILES string of the molecule is CCCNC(C#N)CN(CCC)C(C)C. The van der Waals surface area contributed by atoms with Crippen LogP contribution < -0.4 is 5.32 Å². The van der Waals surface area contributed by atoms with E-state index in [0.29, 0.717) is 6.04 Å². The van der Waals surface area contributed by atoms with Crippen molar-refractivity contribution in [3.63, 3.8) is 0 Å². The van der Waals surface area contributed by atoms with Crippen LogP contribution in [0.1, 0.15) is 40.5 Å². The minimum atomic E-state index is -0.0288. The summed E-state index contributed by atoms with van der Waals surface area (Å²) in [5.41, 5.74) is 0. The van der Waals surface area contributed by atoms with Crippen LogP contribution in [0.5, 0.6) is 0 Å². The summed E-state index contributed by atoms with van der Waals surface area (Å²) in [6, 6.07) is 2.82. The summed E-state index contributed by atoms with van der Waals surface area (Å²) in [5, 5.41) is 12.3. The van der Waals surface area contributed by atoms with Gasteiger partial charge in [-0.2, -0.15) is 5.26 Å². The summed E-state index contributed by atoms with van der Waals surface area (Å²) < 4.78 is 0. The Kier molecular flexibility index (Phi) is 8.35. The lowest BCUT2D eigenvalue weighted by molar-refractivity contribution is 0.210. The first kappa shape index (κ1) is 14.4. The van der Waals surface area contributed by atoms with Crippen LogP contribution in [0.3, 0.4) is 0 Å². The zero-order valence-corrected chi connectivity index (χ0v) is 10.6. The molecule has 0 saturated carbocycles. The lowest BCUT2D eigenvalue weighted by Crippen LogP contribution is -2.43. The molecule has 0 aromatic rings. The Labute approximate surface area is 94.5 Å². The second kappa shape index (κ2) is 8.70. The third-order valence-corrected chi connectivity index (χ3v) is 2.45. The first-order valence-electron chi connectivity index (χ1n) is 6.02. The molecule has 0 rings (SSSR count). The lowest BCUT2D eigenvalue weighted by Gasteiger charge is -2.28. The molecular formula is C12H25N3. The second-order valence-corrected chi connectivity index (χ2v) is 4.22. The molecule has 3 nitrogen and oxygen atoms in total. The van der Waals surface area contributed by atoms with Crippen LogP contribution in [-0.2, 0) is 0 Å². The summed E-state index contributed by atoms with van der Waals surface area (Å²) in [6.07, 6.45) is 2.22. The molecule has 0 radical (unpaired) electrons. The molecule has 0 bridgehead atoms. The van der Waals surface area contributed by atoms with Crippen molar-refractivity contribution in [2.75, 3.05) is 19.6 Å². The molecule has 0 aliphatic rings. The first-order valence-corrected chi connectivity index (χ1v) is 6.02. The van der Waals surface area contributed by atoms with E-state index in [1.807, 2.05) is 0 Å². The fourth-order valence-electron chi connectivity index (χ4n) is 1.55. The zero-order valence-electron chi connectivity index (χ0n) is 10.6. The molecular weight excluding hydrogens is 186 g/mol. The summed E-state index contributed by atoms with van der Waals surface area (Å²) in [6.45, 7) is 11.5. The lowest BCUT2D eigenvalue weighted by atomic mass is 10.2. The van der Waals surface area contributed by atoms with E-state index < -0.39 is 0 Å². The zero-order chi connectivity index (χ0) is 11.7. The van der Waals surface area contributed by atoms with E-state index in [9.17, 15) is 0 Å². The molecule has 3 heteroatoms. The minimum absolute atomic E-state index is 0.0288. The Morgan fingerprint density at radius 3 is 2.33 bits per heavy atom. The molecule has 0 aromatic carbocycles. The Bertz CT molecular complexity index is 184. The van der Waals surface area contributed by atoms with Gasteiger partial charge in [-0.1, -0.05) is 13.8 Å². The Morgan fingerprint density at radius 1 is 1.27 bits per heavy atom. The van der Waals surface area contributed by atoms with Crippen LogP contribution >= 0.6 is 0 Å². The molecule has 0 spiro atoms. The van der Waals surface area contributed by atoms with Crippen LogP contribution in [0, 0.1) is 11.3 Å². The van der Waals surface area contributed by atoms with Crippen LogP contribution in [0.2, 0.25) is 0 Å². The van der Waals surface area contributed by atoms with Crippen molar-refractivity contribution in [2.24, 2.45) is 0 Å². The maximum absolute atomic E-state index is 9.01. The molecule has 0 amide bonds. The van der Waals surface area contributed by atoms with Gasteiger partial charge in [0, 0.05) is 12.6 Å². The van der Waals surface area contributed by atoms with Crippen molar-refractivity contribution < 1.29 is 0 Å². The highest BCUT2D eigenvalue weighted by molar-refractivity contribution is 4.92. The average molecular weight is 211 g/mol. The summed E-state index contributed by atoms with van der Waals surface area (Å²) >= 11 is 0. The number of nitrogens with zero attached hydrogens (tertiary/aromatic N) is 2. The highest BCUT2D eigenvalue weighted by Crippen LogP contribution is 2.01. The van der Waals surface area contributed by atoms with Gasteiger partial charge >= 0.3 is 0 Å². The molecule has 1 unspecified atom stereocenters. The van der Waals surface area contributed by atoms with Gasteiger partial charge < -0.3 is 5.32 Å². The van der Waals surface area contributed by atoms with Gasteiger partial charge in [0.2, 0.25) is 0 Å². The van der Waals surface area contributed by atoms with Gasteiger partial charge in [-0.25, -0.2) is 0 Å². The normalized spacial score (nSPS) is 13.1. The predicted molar refractivity (Wildman–Crippen MR) is 64.7 cm³/mol. The van der Waals surface area contributed by atoms with Crippen molar-refractivity contribution in [2.45, 2.75) is 52.6 Å². The predicted octanol–water partition coefficient (Wildman–Crippen LogP) is 2.00. The molecule has 15 heavy (non-hydrogen) atoms. The Hall–Kier alpha value is -0.590. The average Bonchev–Trinajstić information content (AvgIpc) is 2.22. The van der Waals surface area contributed by atoms with Crippen LogP contribution in [0.25, 0.3) is 0 Å². The first-order chi connectivity index (χ1) is 7.15. The van der Waals surface area contributed by atoms with Gasteiger partial charge in [-0.05, 0) is 39.8 Å². The van der Waals surface area contributed by atoms with Crippen LogP contribution in [0.15, 0.2) is 0 Å². The summed E-state index contributed by atoms with van der Waals surface area (Å²) in [7, 11) is 0. The van der Waals surface area contributed by atoms with E-state index in [0.717, 1.165) is 32.5 Å². The fourth-order valence-corrected chi connectivity index (χ4v) is 1.55. The monoisotopic (exact) mass is 211 g/mol. The standard InChI is InChI=1S/C12H25N3/c1-5-7-14-12(9-13)10-15(8-6-2)11(3)4/h11-12,14H,5-8,10H2,1-4H3. The van der Waals surface area contributed by atoms with Gasteiger partial charge in [-0.3, -0.25) is 4.90 Å². The quantitative estimate of drug-likeness (QED) is 0.667. The highest BCUT2D eigenvalue weighted by Gasteiger charge is 2.14. The highest BCUT2D eigenvalue weighted by atomic mass is 15.2. The molecule has 1 N–H and O–H groups in total. The van der Waals surface area contributed by atoms with Crippen molar-refractivity contribution >= 4 is 0 Å². The third kappa shape index (κ3) is 6.48. The maximum atomic E-state index is 9.01. The molecule has 0 heterocycles. The fraction of sp³-hybridized carbons (Fsp3) is 0.917. The van der Waals surface area contributed by atoms with E-state index in [-0.39, 0.29) is 6.04 Å². The number of hydrogen-bond acceptors (Lipinski definition) is 3. The molecule has 1 atom stereocenters. The van der Waals surface area contributed by atoms with E-state index in [4.69, 9.17) is 5.26 Å². The molecule has 0 aliphatic heterocycles. The number of rotatable bonds is 8. The van der Waals surface area contributed by atoms with Gasteiger partial charge in [0.05, 0.1) is 6.07 Å². The largest absolute Gasteiger partial charge is 0.301 e. The summed E-state index contributed by atoms with van der Waals surface area (Å²) in [4.78, 5) is 2.36. The molecule has 0 saturated heterocycles. The number of nitriles is 1. The second-order valence-electron chi connectivity index (χ2n) is 4.22. The van der Waals surface area contributed by atoms with Gasteiger partial charge in [0.15, 0.2) is 0 Å². The maximum Gasteiger partial charge on any atom is 0.108 e. The molecule has 0 fully saturated rings. The van der Waals surface area contributed by atoms with Crippen molar-refractivity contribution in [1.29, 1.82) is 5.26 Å². The smallest absolute Gasteiger partial charge is 0.108 e. The van der Waals surface area contributed by atoms with Crippen molar-refractivity contribution in [1.82, 2.24) is 10.2 Å². The Morgan fingerprint density at radius 2 is 1.93 bits per heavy atom. The Balaban J connectivity index is 4.05. The van der Waals surface area contributed by atoms with E-state index >= 15 is 0 Å². The van der Waals surface area contributed by atoms with Crippen molar-refractivity contribution in [3.05, 3.63) is 0 Å². The number of hydrogen-bond donors (Lipinski definition) is 1. The van der Waals surface area contributed by atoms with E-state index in [1.165, 1.54) is 0 Å². The third-order valence-electron chi connectivity index (χ3n) is 2.45. The van der Waals surface area contributed by atoms with Crippen LogP contribution in [0.4, 0.5) is 0 Å². The summed E-state index contributed by atoms with van der Waals surface area (Å²) in [5.74, 6) is 0. The van der Waals surface area contributed by atoms with Crippen LogP contribution in [-0.4, -0.2) is 36.6 Å². The molecule has 0 aliphatic carbocycles. The topological polar surface area (TPSA) is 39.1 Å². The van der Waals surface area contributed by atoms with E-state index in [2.05, 4.69) is 44.0 Å².